The highest BCUT2D eigenvalue weighted by molar-refractivity contribution is 7.86. The van der Waals surface area contributed by atoms with Crippen LogP contribution in [0.15, 0.2) is 67.3 Å². The van der Waals surface area contributed by atoms with Gasteiger partial charge in [-0.15, -0.1) is 10.2 Å². The van der Waals surface area contributed by atoms with Crippen molar-refractivity contribution >= 4 is 65.9 Å². The summed E-state index contributed by atoms with van der Waals surface area (Å²) < 4.78 is 74.9. The van der Waals surface area contributed by atoms with Crippen LogP contribution in [0.5, 0.6) is 5.75 Å². The van der Waals surface area contributed by atoms with Crippen molar-refractivity contribution < 1.29 is 45.7 Å². The molecular formula is C26H25N7O11S2. The summed E-state index contributed by atoms with van der Waals surface area (Å²) >= 11 is 0. The Kier molecular flexibility index (Phi) is 8.49. The average Bonchev–Trinajstić information content (AvgIpc) is 2.94. The zero-order valence-corrected chi connectivity index (χ0v) is 25.4. The maximum Gasteiger partial charge on any atom is 0.351 e. The molecule has 5 rings (SSSR count). The number of aromatic nitrogens is 3. The van der Waals surface area contributed by atoms with E-state index in [0.29, 0.717) is 19.2 Å². The van der Waals surface area contributed by atoms with Gasteiger partial charge in [0.2, 0.25) is 11.9 Å². The first-order valence-electron chi connectivity index (χ1n) is 13.2. The summed E-state index contributed by atoms with van der Waals surface area (Å²) in [6, 6.07) is 7.83. The molecule has 3 aromatic carbocycles. The van der Waals surface area contributed by atoms with Gasteiger partial charge in [0.15, 0.2) is 5.75 Å². The first kappa shape index (κ1) is 32.4. The molecule has 0 spiro atoms. The van der Waals surface area contributed by atoms with E-state index in [1.165, 1.54) is 24.3 Å². The Morgan fingerprint density at radius 1 is 1.00 bits per heavy atom. The number of aromatic amines is 1. The number of azo groups is 1. The number of carboxylic acid groups (broad SMARTS) is 1. The van der Waals surface area contributed by atoms with E-state index in [0.717, 1.165) is 12.1 Å². The minimum Gasteiger partial charge on any atom is -0.505 e. The van der Waals surface area contributed by atoms with Crippen molar-refractivity contribution in [1.29, 1.82) is 0 Å². The van der Waals surface area contributed by atoms with Crippen LogP contribution in [0.2, 0.25) is 0 Å². The van der Waals surface area contributed by atoms with Crippen molar-refractivity contribution in [2.24, 2.45) is 10.2 Å². The van der Waals surface area contributed by atoms with Crippen LogP contribution >= 0.6 is 0 Å². The van der Waals surface area contributed by atoms with Crippen molar-refractivity contribution in [2.75, 3.05) is 23.3 Å². The molecule has 1 aliphatic heterocycles. The highest BCUT2D eigenvalue weighted by atomic mass is 32.2. The molecule has 0 bridgehead atoms. The van der Waals surface area contributed by atoms with Crippen molar-refractivity contribution in [3.8, 4) is 5.75 Å². The number of hydrogen-bond donors (Lipinski definition) is 6. The van der Waals surface area contributed by atoms with Crippen LogP contribution in [-0.4, -0.2) is 82.4 Å². The molecule has 20 heteroatoms. The maximum absolute atomic E-state index is 12.5. The summed E-state index contributed by atoms with van der Waals surface area (Å²) in [6.07, 6.45) is -0.409. The number of morpholine rings is 1. The molecular weight excluding hydrogens is 650 g/mol. The largest absolute Gasteiger partial charge is 0.505 e. The van der Waals surface area contributed by atoms with Crippen LogP contribution in [0.25, 0.3) is 10.8 Å². The Morgan fingerprint density at radius 3 is 2.28 bits per heavy atom. The van der Waals surface area contributed by atoms with E-state index < -0.39 is 63.9 Å². The van der Waals surface area contributed by atoms with Crippen LogP contribution in [-0.2, 0) is 25.0 Å². The van der Waals surface area contributed by atoms with Crippen LogP contribution < -0.4 is 15.9 Å². The van der Waals surface area contributed by atoms with Crippen LogP contribution in [0.4, 0.5) is 29.0 Å². The second-order valence-corrected chi connectivity index (χ2v) is 12.9. The third-order valence-electron chi connectivity index (χ3n) is 6.72. The number of anilines is 3. The number of ether oxygens (including phenoxy) is 1. The molecule has 6 N–H and O–H groups in total. The number of H-pyrrole nitrogens is 1. The lowest BCUT2D eigenvalue weighted by Gasteiger charge is -2.35. The number of nitrogens with zero attached hydrogens (tertiary/aromatic N) is 5. The van der Waals surface area contributed by atoms with Gasteiger partial charge in [-0.1, -0.05) is 12.1 Å². The van der Waals surface area contributed by atoms with Gasteiger partial charge in [-0.05, 0) is 44.2 Å². The van der Waals surface area contributed by atoms with E-state index in [-0.39, 0.29) is 41.0 Å². The lowest BCUT2D eigenvalue weighted by molar-refractivity contribution is -0.00574. The Morgan fingerprint density at radius 2 is 1.65 bits per heavy atom. The summed E-state index contributed by atoms with van der Waals surface area (Å²) in [5.41, 5.74) is -2.48. The second kappa shape index (κ2) is 12.1. The molecule has 1 fully saturated rings. The molecule has 0 saturated carbocycles. The molecule has 46 heavy (non-hydrogen) atoms. The molecule has 0 aliphatic carbocycles. The Labute approximate surface area is 259 Å². The topological polar surface area (TPSA) is 274 Å². The standard InChI is InChI=1S/C26H25N7O11S2/c1-12-10-33(11-13(2)44-12)25-28-24(29-26(37)30-25)27-17-7-8-18(45(38,39)40)15-9-19(46(41,42)43)21(22(34)20(15)17)32-31-16-6-4-3-5-14(16)23(35)36/h3-9,12-13,34H,10-11H2,1-2H3,(H,35,36)(H,38,39,40)(H,41,42,43)(H2,27,28,29,30,37). The molecule has 2 unspecified atom stereocenters. The fourth-order valence-electron chi connectivity index (χ4n) is 4.94. The Hall–Kier alpha value is -5.02. The van der Waals surface area contributed by atoms with Crippen molar-refractivity contribution in [1.82, 2.24) is 15.0 Å². The summed E-state index contributed by atoms with van der Waals surface area (Å²) in [6.45, 7) is 4.38. The van der Waals surface area contributed by atoms with Crippen LogP contribution in [0.3, 0.4) is 0 Å². The fourth-order valence-corrected chi connectivity index (χ4v) is 6.27. The number of phenols is 1. The quantitative estimate of drug-likeness (QED) is 0.116. The average molecular weight is 676 g/mol. The highest BCUT2D eigenvalue weighted by Gasteiger charge is 2.28. The zero-order valence-electron chi connectivity index (χ0n) is 23.8. The van der Waals surface area contributed by atoms with Crippen molar-refractivity contribution in [3.05, 3.63) is 58.5 Å². The summed E-state index contributed by atoms with van der Waals surface area (Å²) in [7, 11) is -10.3. The smallest absolute Gasteiger partial charge is 0.351 e. The fraction of sp³-hybridized carbons (Fsp3) is 0.231. The first-order valence-corrected chi connectivity index (χ1v) is 16.1. The van der Waals surface area contributed by atoms with Crippen LogP contribution in [0.1, 0.15) is 24.2 Å². The number of carboxylic acids is 1. The number of phenolic OH excluding ortho intramolecular Hbond substituents is 1. The van der Waals surface area contributed by atoms with Gasteiger partial charge in [-0.3, -0.25) is 14.1 Å². The molecule has 242 valence electrons. The molecule has 4 aromatic rings. The molecule has 1 aromatic heterocycles. The van der Waals surface area contributed by atoms with E-state index in [1.54, 1.807) is 4.90 Å². The maximum atomic E-state index is 12.5. The molecule has 1 saturated heterocycles. The molecule has 1 aliphatic rings. The lowest BCUT2D eigenvalue weighted by Crippen LogP contribution is -2.46. The number of nitrogens with one attached hydrogen (secondary N) is 2. The molecule has 0 amide bonds. The van der Waals surface area contributed by atoms with Gasteiger partial charge in [0, 0.05) is 18.5 Å². The molecule has 2 atom stereocenters. The third kappa shape index (κ3) is 6.65. The van der Waals surface area contributed by atoms with Gasteiger partial charge in [-0.25, -0.2) is 9.59 Å². The number of fused-ring (bicyclic) bond motifs is 1. The molecule has 2 heterocycles. The first-order chi connectivity index (χ1) is 21.5. The number of aromatic hydroxyl groups is 1. The van der Waals surface area contributed by atoms with Gasteiger partial charge in [0.25, 0.3) is 20.2 Å². The Bertz CT molecular complexity index is 2180. The van der Waals surface area contributed by atoms with Gasteiger partial charge in [0.1, 0.15) is 21.2 Å². The van der Waals surface area contributed by atoms with E-state index in [1.807, 2.05) is 13.8 Å². The second-order valence-electron chi connectivity index (χ2n) is 10.2. The van der Waals surface area contributed by atoms with Gasteiger partial charge in [-0.2, -0.15) is 26.8 Å². The third-order valence-corrected chi connectivity index (χ3v) is 8.50. The Balaban J connectivity index is 1.73. The normalized spacial score (nSPS) is 17.4. The number of rotatable bonds is 8. The van der Waals surface area contributed by atoms with Gasteiger partial charge < -0.3 is 25.2 Å². The summed E-state index contributed by atoms with van der Waals surface area (Å²) in [4.78, 5) is 34.4. The number of carbonyl (C=O) groups is 1. The van der Waals surface area contributed by atoms with Crippen LogP contribution in [0, 0.1) is 0 Å². The number of aromatic carboxylic acids is 1. The SMILES string of the molecule is CC1CN(c2nc(Nc3ccc(S(=O)(=O)O)c4cc(S(=O)(=O)O)c(N=Nc5ccccc5C(=O)O)c(O)c34)[nH]c(=O)n2)CC(C)O1. The van der Waals surface area contributed by atoms with E-state index in [9.17, 15) is 45.7 Å². The van der Waals surface area contributed by atoms with E-state index >= 15 is 0 Å². The minimum absolute atomic E-state index is 0.0246. The van der Waals surface area contributed by atoms with Crippen molar-refractivity contribution in [2.45, 2.75) is 35.8 Å². The number of hydrogen-bond acceptors (Lipinski definition) is 14. The monoisotopic (exact) mass is 675 g/mol. The van der Waals surface area contributed by atoms with E-state index in [2.05, 4.69) is 30.5 Å². The predicted octanol–water partition coefficient (Wildman–Crippen LogP) is 2.99. The van der Waals surface area contributed by atoms with Gasteiger partial charge >= 0.3 is 11.7 Å². The van der Waals surface area contributed by atoms with Gasteiger partial charge in [0.05, 0.1) is 28.8 Å². The summed E-state index contributed by atoms with van der Waals surface area (Å²) in [5.74, 6) is -2.64. The zero-order chi connectivity index (χ0) is 33.6. The molecule has 0 radical (unpaired) electrons. The predicted molar refractivity (Wildman–Crippen MR) is 161 cm³/mol. The summed E-state index contributed by atoms with van der Waals surface area (Å²) in [5, 5.41) is 30.0. The molecule has 18 nitrogen and oxygen atoms in total. The minimum atomic E-state index is -5.26. The number of benzene rings is 3. The van der Waals surface area contributed by atoms with E-state index in [4.69, 9.17) is 4.74 Å². The highest BCUT2D eigenvalue weighted by Crippen LogP contribution is 2.46. The van der Waals surface area contributed by atoms with Crippen molar-refractivity contribution in [3.63, 3.8) is 0 Å². The lowest BCUT2D eigenvalue weighted by atomic mass is 10.1.